The van der Waals surface area contributed by atoms with Crippen molar-refractivity contribution in [1.29, 1.82) is 0 Å². The molecule has 2 nitrogen and oxygen atoms in total. The second kappa shape index (κ2) is 21.2. The monoisotopic (exact) mass is 512 g/mol. The van der Waals surface area contributed by atoms with Gasteiger partial charge in [-0.15, -0.1) is 0 Å². The van der Waals surface area contributed by atoms with Gasteiger partial charge in [0.05, 0.1) is 17.1 Å². The summed E-state index contributed by atoms with van der Waals surface area (Å²) < 4.78 is 0. The van der Waals surface area contributed by atoms with E-state index in [0.717, 1.165) is 62.0 Å². The highest BCUT2D eigenvalue weighted by Gasteiger charge is 2.05. The van der Waals surface area contributed by atoms with Crippen LogP contribution in [0.5, 0.6) is 0 Å². The number of unbranched alkanes of at least 4 members (excludes halogenated alkanes) is 7. The summed E-state index contributed by atoms with van der Waals surface area (Å²) >= 11 is 0. The Bertz CT molecular complexity index is 996. The van der Waals surface area contributed by atoms with Crippen LogP contribution in [0.2, 0.25) is 0 Å². The van der Waals surface area contributed by atoms with Crippen molar-refractivity contribution in [2.45, 2.75) is 117 Å². The molecule has 2 aromatic carbocycles. The molecule has 0 aliphatic heterocycles. The van der Waals surface area contributed by atoms with Gasteiger partial charge in [0, 0.05) is 6.21 Å². The van der Waals surface area contributed by atoms with Crippen molar-refractivity contribution < 1.29 is 0 Å². The second-order valence-electron chi connectivity index (χ2n) is 10.2. The molecular formula is C36H52N2. The van der Waals surface area contributed by atoms with Gasteiger partial charge in [-0.1, -0.05) is 126 Å². The van der Waals surface area contributed by atoms with Gasteiger partial charge in [-0.25, -0.2) is 0 Å². The fourth-order valence-corrected chi connectivity index (χ4v) is 4.50. The highest BCUT2D eigenvalue weighted by Crippen LogP contribution is 2.23. The van der Waals surface area contributed by atoms with Crippen molar-refractivity contribution in [3.05, 3.63) is 84.0 Å². The lowest BCUT2D eigenvalue weighted by molar-refractivity contribution is 0.616. The Labute approximate surface area is 234 Å². The molecule has 206 valence electrons. The summed E-state index contributed by atoms with van der Waals surface area (Å²) in [6, 6.07) is 17.2. The average molecular weight is 513 g/mol. The van der Waals surface area contributed by atoms with Gasteiger partial charge in [0.15, 0.2) is 0 Å². The Morgan fingerprint density at radius 1 is 0.579 bits per heavy atom. The number of rotatable bonds is 20. The fraction of sp³-hybridized carbons (Fsp3) is 0.500. The molecular weight excluding hydrogens is 460 g/mol. The molecule has 0 radical (unpaired) electrons. The van der Waals surface area contributed by atoms with E-state index in [0.29, 0.717) is 0 Å². The number of aryl methyl sites for hydroxylation is 2. The lowest BCUT2D eigenvalue weighted by atomic mass is 10.1. The van der Waals surface area contributed by atoms with Crippen LogP contribution in [0.25, 0.3) is 0 Å². The second-order valence-corrected chi connectivity index (χ2v) is 10.2. The molecule has 0 aromatic heterocycles. The smallest absolute Gasteiger partial charge is 0.0665 e. The van der Waals surface area contributed by atoms with Gasteiger partial charge in [0.25, 0.3) is 0 Å². The Balaban J connectivity index is 2.18. The molecule has 0 fully saturated rings. The summed E-state index contributed by atoms with van der Waals surface area (Å²) in [5.74, 6) is 0. The molecule has 0 spiro atoms. The van der Waals surface area contributed by atoms with E-state index < -0.39 is 0 Å². The Kier molecular flexibility index (Phi) is 17.6. The Hall–Kier alpha value is -2.74. The number of allylic oxidation sites excluding steroid dienone is 4. The number of para-hydroxylation sites is 2. The zero-order valence-electron chi connectivity index (χ0n) is 24.5. The van der Waals surface area contributed by atoms with Crippen molar-refractivity contribution in [1.82, 2.24) is 0 Å². The lowest BCUT2D eigenvalue weighted by Gasteiger charge is -2.08. The number of hydrogen-bond donors (Lipinski definition) is 0. The number of aliphatic imine (C=N–C) groups is 2. The first kappa shape index (κ1) is 31.5. The van der Waals surface area contributed by atoms with E-state index in [1.807, 2.05) is 6.21 Å². The maximum atomic E-state index is 5.18. The molecule has 0 amide bonds. The normalized spacial score (nSPS) is 12.4. The minimum Gasteiger partial charge on any atom is -0.255 e. The van der Waals surface area contributed by atoms with Crippen molar-refractivity contribution in [3.63, 3.8) is 0 Å². The molecule has 38 heavy (non-hydrogen) atoms. The summed E-state index contributed by atoms with van der Waals surface area (Å²) in [4.78, 5) is 10.2. The minimum atomic E-state index is 0.974. The van der Waals surface area contributed by atoms with Gasteiger partial charge >= 0.3 is 0 Å². The van der Waals surface area contributed by atoms with Crippen LogP contribution < -0.4 is 0 Å². The van der Waals surface area contributed by atoms with Gasteiger partial charge in [-0.3, -0.25) is 9.98 Å². The molecule has 0 atom stereocenters. The van der Waals surface area contributed by atoms with Crippen molar-refractivity contribution in [2.75, 3.05) is 0 Å². The summed E-state index contributed by atoms with van der Waals surface area (Å²) in [7, 11) is 0. The van der Waals surface area contributed by atoms with E-state index in [4.69, 9.17) is 9.98 Å². The highest BCUT2D eigenvalue weighted by molar-refractivity contribution is 6.31. The van der Waals surface area contributed by atoms with Gasteiger partial charge in [-0.2, -0.15) is 0 Å². The summed E-state index contributed by atoms with van der Waals surface area (Å²) in [6.07, 6.45) is 28.9. The predicted molar refractivity (Wildman–Crippen MR) is 171 cm³/mol. The van der Waals surface area contributed by atoms with Crippen LogP contribution in [-0.4, -0.2) is 11.9 Å². The van der Waals surface area contributed by atoms with Gasteiger partial charge in [0.2, 0.25) is 0 Å². The number of nitrogens with zero attached hydrogens (tertiary/aromatic N) is 2. The summed E-state index contributed by atoms with van der Waals surface area (Å²) in [6.45, 7) is 6.73. The quantitative estimate of drug-likeness (QED) is 0.0957. The van der Waals surface area contributed by atoms with Gasteiger partial charge in [-0.05, 0) is 74.6 Å². The first-order chi connectivity index (χ1) is 18.8. The molecule has 0 heterocycles. The fourth-order valence-electron chi connectivity index (χ4n) is 4.50. The van der Waals surface area contributed by atoms with E-state index in [1.54, 1.807) is 0 Å². The molecule has 0 unspecified atom stereocenters. The van der Waals surface area contributed by atoms with Crippen LogP contribution in [0.4, 0.5) is 11.4 Å². The molecule has 0 saturated heterocycles. The predicted octanol–water partition coefficient (Wildman–Crippen LogP) is 11.5. The Morgan fingerprint density at radius 3 is 1.74 bits per heavy atom. The molecule has 2 heteroatoms. The van der Waals surface area contributed by atoms with Crippen molar-refractivity contribution >= 4 is 23.3 Å². The number of hydrogen-bond acceptors (Lipinski definition) is 2. The van der Waals surface area contributed by atoms with Crippen LogP contribution in [-0.2, 0) is 12.8 Å². The third kappa shape index (κ3) is 13.7. The van der Waals surface area contributed by atoms with E-state index in [2.05, 4.69) is 93.6 Å². The van der Waals surface area contributed by atoms with Crippen LogP contribution in [0.15, 0.2) is 82.8 Å². The zero-order valence-corrected chi connectivity index (χ0v) is 24.5. The molecule has 2 aromatic rings. The molecule has 2 rings (SSSR count). The third-order valence-electron chi connectivity index (χ3n) is 6.79. The van der Waals surface area contributed by atoms with E-state index in [9.17, 15) is 0 Å². The maximum absolute atomic E-state index is 5.18. The molecule has 0 saturated carbocycles. The lowest BCUT2D eigenvalue weighted by Crippen LogP contribution is -2.01. The summed E-state index contributed by atoms with van der Waals surface area (Å²) in [5.41, 5.74) is 5.89. The standard InChI is InChI=1S/C36H52N2/c1-4-7-10-13-16-19-28-34(38-36-30-23-21-27-33(36)25-18-15-12-9-6-3)31-37-35-29-22-20-26-32(35)24-17-14-11-8-5-2/h11-12,14-15,20-23,26-27,29-31H,4-10,13,16-19,24-25,28H2,1-3H3. The highest BCUT2D eigenvalue weighted by atomic mass is 14.8. The van der Waals surface area contributed by atoms with Crippen LogP contribution in [0.3, 0.4) is 0 Å². The van der Waals surface area contributed by atoms with Crippen LogP contribution >= 0.6 is 0 Å². The van der Waals surface area contributed by atoms with E-state index in [-0.39, 0.29) is 0 Å². The molecule has 0 aliphatic rings. The minimum absolute atomic E-state index is 0.974. The SMILES string of the molecule is CCCC=CCCc1ccccc1N=CC(CCCCCCCC)=Nc1ccccc1CCC=CCCC. The molecule has 0 N–H and O–H groups in total. The van der Waals surface area contributed by atoms with Gasteiger partial charge in [0.1, 0.15) is 0 Å². The molecule has 0 bridgehead atoms. The van der Waals surface area contributed by atoms with E-state index >= 15 is 0 Å². The topological polar surface area (TPSA) is 24.7 Å². The summed E-state index contributed by atoms with van der Waals surface area (Å²) in [5, 5.41) is 0. The van der Waals surface area contributed by atoms with Crippen molar-refractivity contribution in [3.8, 4) is 0 Å². The largest absolute Gasteiger partial charge is 0.255 e. The zero-order chi connectivity index (χ0) is 27.1. The maximum Gasteiger partial charge on any atom is 0.0665 e. The third-order valence-corrected chi connectivity index (χ3v) is 6.79. The van der Waals surface area contributed by atoms with Crippen molar-refractivity contribution in [2.24, 2.45) is 9.98 Å². The van der Waals surface area contributed by atoms with Crippen LogP contribution in [0, 0.1) is 0 Å². The Morgan fingerprint density at radius 2 is 1.11 bits per heavy atom. The van der Waals surface area contributed by atoms with Crippen LogP contribution in [0.1, 0.15) is 115 Å². The first-order valence-corrected chi connectivity index (χ1v) is 15.4. The first-order valence-electron chi connectivity index (χ1n) is 15.4. The van der Waals surface area contributed by atoms with E-state index in [1.165, 1.54) is 62.5 Å². The van der Waals surface area contributed by atoms with Gasteiger partial charge < -0.3 is 0 Å². The average Bonchev–Trinajstić information content (AvgIpc) is 2.94. The molecule has 0 aliphatic carbocycles. The number of benzene rings is 2.